The molecule has 2 rings (SSSR count). The zero-order valence-corrected chi connectivity index (χ0v) is 10.4. The van der Waals surface area contributed by atoms with Crippen LogP contribution >= 0.6 is 0 Å². The number of rotatable bonds is 2. The molecule has 0 atom stereocenters. The van der Waals surface area contributed by atoms with Crippen molar-refractivity contribution >= 4 is 5.78 Å². The third-order valence-electron chi connectivity index (χ3n) is 2.93. The van der Waals surface area contributed by atoms with Gasteiger partial charge in [0.05, 0.1) is 5.56 Å². The van der Waals surface area contributed by atoms with Crippen molar-refractivity contribution in [3.05, 3.63) is 58.9 Å². The van der Waals surface area contributed by atoms with Crippen molar-refractivity contribution in [1.29, 1.82) is 0 Å². The Bertz CT molecular complexity index is 663. The van der Waals surface area contributed by atoms with Crippen molar-refractivity contribution in [1.82, 2.24) is 0 Å². The molecule has 2 aromatic carbocycles. The van der Waals surface area contributed by atoms with Crippen LogP contribution in [0.15, 0.2) is 30.3 Å². The minimum absolute atomic E-state index is 0.205. The first-order valence-electron chi connectivity index (χ1n) is 5.67. The fourth-order valence-corrected chi connectivity index (χ4v) is 1.84. The van der Waals surface area contributed by atoms with Gasteiger partial charge in [-0.25, -0.2) is 13.2 Å². The molecule has 0 amide bonds. The van der Waals surface area contributed by atoms with Crippen LogP contribution in [0, 0.1) is 24.4 Å². The van der Waals surface area contributed by atoms with E-state index in [2.05, 4.69) is 0 Å². The van der Waals surface area contributed by atoms with Crippen LogP contribution in [0.1, 0.15) is 22.8 Å². The monoisotopic (exact) mass is 264 g/mol. The second-order valence-electron chi connectivity index (χ2n) is 4.30. The summed E-state index contributed by atoms with van der Waals surface area (Å²) in [6, 6.07) is 5.84. The maximum Gasteiger partial charge on any atom is 0.159 e. The number of carbonyl (C=O) groups is 1. The van der Waals surface area contributed by atoms with Gasteiger partial charge in [0, 0.05) is 11.1 Å². The van der Waals surface area contributed by atoms with Crippen molar-refractivity contribution in [3.8, 4) is 11.1 Å². The zero-order chi connectivity index (χ0) is 14.2. The van der Waals surface area contributed by atoms with E-state index in [-0.39, 0.29) is 22.5 Å². The normalized spacial score (nSPS) is 10.6. The average molecular weight is 264 g/mol. The summed E-state index contributed by atoms with van der Waals surface area (Å²) in [5.74, 6) is -2.74. The minimum Gasteiger partial charge on any atom is -0.295 e. The van der Waals surface area contributed by atoms with Gasteiger partial charge in [-0.3, -0.25) is 4.79 Å². The van der Waals surface area contributed by atoms with Gasteiger partial charge < -0.3 is 0 Å². The molecule has 98 valence electrons. The predicted molar refractivity (Wildman–Crippen MR) is 66.5 cm³/mol. The smallest absolute Gasteiger partial charge is 0.159 e. The first-order chi connectivity index (χ1) is 8.91. The van der Waals surface area contributed by atoms with Gasteiger partial charge in [-0.15, -0.1) is 0 Å². The zero-order valence-electron chi connectivity index (χ0n) is 10.4. The van der Waals surface area contributed by atoms with Gasteiger partial charge in [0.1, 0.15) is 17.5 Å². The third-order valence-corrected chi connectivity index (χ3v) is 2.93. The van der Waals surface area contributed by atoms with Crippen molar-refractivity contribution in [2.45, 2.75) is 13.8 Å². The van der Waals surface area contributed by atoms with Crippen LogP contribution in [0.5, 0.6) is 0 Å². The molecule has 0 aliphatic heterocycles. The van der Waals surface area contributed by atoms with Crippen LogP contribution in [0.25, 0.3) is 11.1 Å². The summed E-state index contributed by atoms with van der Waals surface area (Å²) in [4.78, 5) is 11.3. The van der Waals surface area contributed by atoms with E-state index in [0.29, 0.717) is 0 Å². The number of hydrogen-bond acceptors (Lipinski definition) is 1. The van der Waals surface area contributed by atoms with Crippen molar-refractivity contribution < 1.29 is 18.0 Å². The fourth-order valence-electron chi connectivity index (χ4n) is 1.84. The van der Waals surface area contributed by atoms with Gasteiger partial charge in [-0.1, -0.05) is 6.07 Å². The van der Waals surface area contributed by atoms with E-state index in [1.165, 1.54) is 32.0 Å². The summed E-state index contributed by atoms with van der Waals surface area (Å²) in [6.45, 7) is 2.77. The van der Waals surface area contributed by atoms with Gasteiger partial charge in [0.15, 0.2) is 5.78 Å². The second kappa shape index (κ2) is 4.88. The molecule has 4 heteroatoms. The summed E-state index contributed by atoms with van der Waals surface area (Å²) < 4.78 is 41.5. The van der Waals surface area contributed by atoms with Gasteiger partial charge in [-0.05, 0) is 43.7 Å². The van der Waals surface area contributed by atoms with Gasteiger partial charge in [-0.2, -0.15) is 0 Å². The van der Waals surface area contributed by atoms with Gasteiger partial charge in [0.25, 0.3) is 0 Å². The quantitative estimate of drug-likeness (QED) is 0.740. The highest BCUT2D eigenvalue weighted by Crippen LogP contribution is 2.30. The molecule has 0 spiro atoms. The van der Waals surface area contributed by atoms with Crippen molar-refractivity contribution in [3.63, 3.8) is 0 Å². The number of halogens is 3. The number of Topliss-reactive ketones (excluding diaryl/α,β-unsaturated/α-hetero) is 1. The lowest BCUT2D eigenvalue weighted by molar-refractivity contribution is 0.101. The fraction of sp³-hybridized carbons (Fsp3) is 0.133. The van der Waals surface area contributed by atoms with E-state index in [4.69, 9.17) is 0 Å². The highest BCUT2D eigenvalue weighted by molar-refractivity contribution is 5.95. The summed E-state index contributed by atoms with van der Waals surface area (Å²) in [7, 11) is 0. The highest BCUT2D eigenvalue weighted by Gasteiger charge is 2.18. The van der Waals surface area contributed by atoms with Crippen LogP contribution in [-0.4, -0.2) is 5.78 Å². The predicted octanol–water partition coefficient (Wildman–Crippen LogP) is 4.28. The molecule has 0 saturated heterocycles. The van der Waals surface area contributed by atoms with E-state index in [1.54, 1.807) is 0 Å². The topological polar surface area (TPSA) is 17.1 Å². The summed E-state index contributed by atoms with van der Waals surface area (Å²) >= 11 is 0. The maximum atomic E-state index is 14.0. The first-order valence-corrected chi connectivity index (χ1v) is 5.67. The molecule has 0 bridgehead atoms. The molecule has 0 heterocycles. The number of benzene rings is 2. The number of aryl methyl sites for hydroxylation is 1. The highest BCUT2D eigenvalue weighted by atomic mass is 19.1. The molecule has 0 radical (unpaired) electrons. The van der Waals surface area contributed by atoms with Gasteiger partial charge in [0.2, 0.25) is 0 Å². The number of hydrogen-bond donors (Lipinski definition) is 0. The molecule has 0 aromatic heterocycles. The molecule has 0 aliphatic rings. The lowest BCUT2D eigenvalue weighted by Gasteiger charge is -2.09. The van der Waals surface area contributed by atoms with Crippen LogP contribution < -0.4 is 0 Å². The minimum atomic E-state index is -0.859. The molecular weight excluding hydrogens is 253 g/mol. The lowest BCUT2D eigenvalue weighted by Crippen LogP contribution is -1.99. The Morgan fingerprint density at radius 2 is 1.63 bits per heavy atom. The Hall–Kier alpha value is -2.10. The molecular formula is C15H11F3O. The van der Waals surface area contributed by atoms with Crippen LogP contribution in [0.3, 0.4) is 0 Å². The van der Waals surface area contributed by atoms with E-state index >= 15 is 0 Å². The molecule has 0 fully saturated rings. The molecule has 19 heavy (non-hydrogen) atoms. The molecule has 2 aromatic rings. The standard InChI is InChI=1S/C15H11F3O/c1-8-3-5-13(17)14(15(8)18)11-7-10(9(2)19)4-6-12(11)16/h3-7H,1-2H3. The summed E-state index contributed by atoms with van der Waals surface area (Å²) in [6.07, 6.45) is 0. The van der Waals surface area contributed by atoms with Crippen LogP contribution in [0.4, 0.5) is 13.2 Å². The summed E-state index contributed by atoms with van der Waals surface area (Å²) in [5, 5.41) is 0. The van der Waals surface area contributed by atoms with E-state index in [0.717, 1.165) is 12.1 Å². The van der Waals surface area contributed by atoms with E-state index < -0.39 is 23.0 Å². The Labute approximate surface area is 108 Å². The average Bonchev–Trinajstić information content (AvgIpc) is 2.36. The van der Waals surface area contributed by atoms with Crippen LogP contribution in [0.2, 0.25) is 0 Å². The summed E-state index contributed by atoms with van der Waals surface area (Å²) in [5.41, 5.74) is -0.271. The Kier molecular flexibility index (Phi) is 3.42. The largest absolute Gasteiger partial charge is 0.295 e. The molecule has 0 N–H and O–H groups in total. The van der Waals surface area contributed by atoms with E-state index in [1.807, 2.05) is 0 Å². The Morgan fingerprint density at radius 3 is 2.26 bits per heavy atom. The SMILES string of the molecule is CC(=O)c1ccc(F)c(-c2c(F)ccc(C)c2F)c1. The molecule has 0 aliphatic carbocycles. The maximum absolute atomic E-state index is 14.0. The Balaban J connectivity index is 2.75. The lowest BCUT2D eigenvalue weighted by atomic mass is 9.98. The third kappa shape index (κ3) is 2.38. The first kappa shape index (κ1) is 13.3. The molecule has 0 unspecified atom stereocenters. The van der Waals surface area contributed by atoms with Crippen molar-refractivity contribution in [2.75, 3.05) is 0 Å². The van der Waals surface area contributed by atoms with Gasteiger partial charge >= 0.3 is 0 Å². The number of ketones is 1. The van der Waals surface area contributed by atoms with E-state index in [9.17, 15) is 18.0 Å². The second-order valence-corrected chi connectivity index (χ2v) is 4.30. The van der Waals surface area contributed by atoms with Crippen LogP contribution in [-0.2, 0) is 0 Å². The van der Waals surface area contributed by atoms with Crippen molar-refractivity contribution in [2.24, 2.45) is 0 Å². The molecule has 0 saturated carbocycles. The Morgan fingerprint density at radius 1 is 1.00 bits per heavy atom. The number of carbonyl (C=O) groups excluding carboxylic acids is 1. The molecule has 1 nitrogen and oxygen atoms in total.